The molecule has 0 unspecified atom stereocenters. The van der Waals surface area contributed by atoms with Crippen molar-refractivity contribution < 1.29 is 4.79 Å². The second-order valence-electron chi connectivity index (χ2n) is 3.59. The standard InChI is InChI=1S/C12H11IN2OS/c1-8-3-2-4-10(15-8)6-14-12(16)9-5-11(13)17-7-9/h2-5,7H,6H2,1H3,(H,14,16). The number of thiophene rings is 1. The third kappa shape index (κ3) is 3.50. The van der Waals surface area contributed by atoms with Crippen LogP contribution in [-0.4, -0.2) is 10.9 Å². The van der Waals surface area contributed by atoms with E-state index in [2.05, 4.69) is 32.9 Å². The number of aromatic nitrogens is 1. The van der Waals surface area contributed by atoms with E-state index < -0.39 is 0 Å². The van der Waals surface area contributed by atoms with E-state index in [4.69, 9.17) is 0 Å². The maximum atomic E-state index is 11.8. The molecule has 17 heavy (non-hydrogen) atoms. The van der Waals surface area contributed by atoms with E-state index in [1.165, 1.54) is 0 Å². The molecule has 0 aliphatic rings. The number of carbonyl (C=O) groups is 1. The molecule has 2 aromatic heterocycles. The van der Waals surface area contributed by atoms with Crippen molar-refractivity contribution in [2.75, 3.05) is 0 Å². The summed E-state index contributed by atoms with van der Waals surface area (Å²) in [6.45, 7) is 2.40. The Bertz CT molecular complexity index is 539. The summed E-state index contributed by atoms with van der Waals surface area (Å²) in [4.78, 5) is 16.1. The van der Waals surface area contributed by atoms with Crippen molar-refractivity contribution in [2.45, 2.75) is 13.5 Å². The minimum absolute atomic E-state index is 0.0486. The third-order valence-corrected chi connectivity index (χ3v) is 3.99. The van der Waals surface area contributed by atoms with Crippen LogP contribution in [0.15, 0.2) is 29.6 Å². The molecule has 3 nitrogen and oxygen atoms in total. The summed E-state index contributed by atoms with van der Waals surface area (Å²) in [5.41, 5.74) is 2.55. The highest BCUT2D eigenvalue weighted by atomic mass is 127. The topological polar surface area (TPSA) is 42.0 Å². The third-order valence-electron chi connectivity index (χ3n) is 2.21. The molecule has 0 saturated heterocycles. The summed E-state index contributed by atoms with van der Waals surface area (Å²) in [6.07, 6.45) is 0. The van der Waals surface area contributed by atoms with Crippen LogP contribution in [0, 0.1) is 9.81 Å². The summed E-state index contributed by atoms with van der Waals surface area (Å²) >= 11 is 3.77. The van der Waals surface area contributed by atoms with E-state index in [9.17, 15) is 4.79 Å². The van der Waals surface area contributed by atoms with Gasteiger partial charge in [-0.2, -0.15) is 0 Å². The van der Waals surface area contributed by atoms with Gasteiger partial charge in [0, 0.05) is 11.1 Å². The Hall–Kier alpha value is -0.950. The SMILES string of the molecule is Cc1cccc(CNC(=O)c2csc(I)c2)n1. The molecule has 88 valence electrons. The highest BCUT2D eigenvalue weighted by Crippen LogP contribution is 2.16. The molecule has 1 amide bonds. The van der Waals surface area contributed by atoms with Crippen LogP contribution in [0.3, 0.4) is 0 Å². The minimum atomic E-state index is -0.0486. The van der Waals surface area contributed by atoms with E-state index in [1.54, 1.807) is 11.3 Å². The van der Waals surface area contributed by atoms with Crippen LogP contribution in [0.5, 0.6) is 0 Å². The lowest BCUT2D eigenvalue weighted by Gasteiger charge is -2.03. The molecule has 2 aromatic rings. The van der Waals surface area contributed by atoms with Crippen molar-refractivity contribution >= 4 is 39.8 Å². The molecule has 0 bridgehead atoms. The van der Waals surface area contributed by atoms with Gasteiger partial charge in [-0.25, -0.2) is 0 Å². The predicted octanol–water partition coefficient (Wildman–Crippen LogP) is 2.99. The number of pyridine rings is 1. The van der Waals surface area contributed by atoms with Crippen LogP contribution >= 0.6 is 33.9 Å². The number of amides is 1. The van der Waals surface area contributed by atoms with E-state index >= 15 is 0 Å². The Labute approximate surface area is 117 Å². The van der Waals surface area contributed by atoms with Gasteiger partial charge in [0.15, 0.2) is 0 Å². The zero-order valence-corrected chi connectivity index (χ0v) is 12.2. The van der Waals surface area contributed by atoms with Gasteiger partial charge >= 0.3 is 0 Å². The number of nitrogens with zero attached hydrogens (tertiary/aromatic N) is 1. The molecule has 0 aliphatic carbocycles. The Morgan fingerprint density at radius 2 is 2.35 bits per heavy atom. The molecule has 2 heterocycles. The first-order valence-electron chi connectivity index (χ1n) is 5.10. The van der Waals surface area contributed by atoms with Gasteiger partial charge in [0.25, 0.3) is 5.91 Å². The van der Waals surface area contributed by atoms with Crippen LogP contribution in [0.1, 0.15) is 21.7 Å². The monoisotopic (exact) mass is 358 g/mol. The largest absolute Gasteiger partial charge is 0.346 e. The average Bonchev–Trinajstić information content (AvgIpc) is 2.73. The van der Waals surface area contributed by atoms with Gasteiger partial charge in [-0.3, -0.25) is 9.78 Å². The van der Waals surface area contributed by atoms with E-state index in [0.29, 0.717) is 12.1 Å². The first-order valence-corrected chi connectivity index (χ1v) is 7.06. The molecular formula is C12H11IN2OS. The molecule has 0 atom stereocenters. The molecule has 2 rings (SSSR count). The summed E-state index contributed by atoms with van der Waals surface area (Å²) in [5.74, 6) is -0.0486. The Balaban J connectivity index is 1.97. The van der Waals surface area contributed by atoms with Crippen molar-refractivity contribution in [1.29, 1.82) is 0 Å². The maximum absolute atomic E-state index is 11.8. The molecule has 1 N–H and O–H groups in total. The maximum Gasteiger partial charge on any atom is 0.252 e. The van der Waals surface area contributed by atoms with Gasteiger partial charge in [-0.15, -0.1) is 11.3 Å². The van der Waals surface area contributed by atoms with Crippen molar-refractivity contribution in [1.82, 2.24) is 10.3 Å². The van der Waals surface area contributed by atoms with E-state index in [0.717, 1.165) is 14.3 Å². The quantitative estimate of drug-likeness (QED) is 0.858. The van der Waals surface area contributed by atoms with Gasteiger partial charge < -0.3 is 5.32 Å². The lowest BCUT2D eigenvalue weighted by molar-refractivity contribution is 0.0951. The van der Waals surface area contributed by atoms with Gasteiger partial charge in [-0.05, 0) is 47.7 Å². The molecular weight excluding hydrogens is 347 g/mol. The van der Waals surface area contributed by atoms with Gasteiger partial charge in [-0.1, -0.05) is 6.07 Å². The molecule has 0 saturated carbocycles. The molecule has 0 aromatic carbocycles. The fraction of sp³-hybridized carbons (Fsp3) is 0.167. The average molecular weight is 358 g/mol. The molecule has 0 aliphatic heterocycles. The number of aryl methyl sites for hydroxylation is 1. The van der Waals surface area contributed by atoms with Gasteiger partial charge in [0.1, 0.15) is 0 Å². The summed E-state index contributed by atoms with van der Waals surface area (Å²) in [5, 5.41) is 4.72. The summed E-state index contributed by atoms with van der Waals surface area (Å²) in [6, 6.07) is 7.67. The van der Waals surface area contributed by atoms with Gasteiger partial charge in [0.05, 0.1) is 20.7 Å². The molecule has 0 fully saturated rings. The second-order valence-corrected chi connectivity index (χ2v) is 6.40. The number of carbonyl (C=O) groups excluding carboxylic acids is 1. The first kappa shape index (κ1) is 12.5. The van der Waals surface area contributed by atoms with Crippen LogP contribution in [0.4, 0.5) is 0 Å². The van der Waals surface area contributed by atoms with Crippen molar-refractivity contribution in [2.24, 2.45) is 0 Å². The number of halogens is 1. The molecule has 5 heteroatoms. The normalized spacial score (nSPS) is 10.2. The fourth-order valence-electron chi connectivity index (χ4n) is 1.40. The molecule has 0 radical (unpaired) electrons. The first-order chi connectivity index (χ1) is 8.15. The van der Waals surface area contributed by atoms with Crippen molar-refractivity contribution in [3.8, 4) is 0 Å². The molecule has 0 spiro atoms. The smallest absolute Gasteiger partial charge is 0.252 e. The predicted molar refractivity (Wildman–Crippen MR) is 77.2 cm³/mol. The van der Waals surface area contributed by atoms with Crippen molar-refractivity contribution in [3.05, 3.63) is 49.5 Å². The second kappa shape index (κ2) is 5.59. The van der Waals surface area contributed by atoms with Crippen LogP contribution in [0.2, 0.25) is 0 Å². The highest BCUT2D eigenvalue weighted by Gasteiger charge is 2.07. The number of rotatable bonds is 3. The number of nitrogens with one attached hydrogen (secondary N) is 1. The lowest BCUT2D eigenvalue weighted by atomic mass is 10.3. The number of hydrogen-bond donors (Lipinski definition) is 1. The van der Waals surface area contributed by atoms with E-state index in [1.807, 2.05) is 36.6 Å². The zero-order valence-electron chi connectivity index (χ0n) is 9.24. The van der Waals surface area contributed by atoms with Crippen LogP contribution in [-0.2, 0) is 6.54 Å². The zero-order chi connectivity index (χ0) is 12.3. The Kier molecular flexibility index (Phi) is 4.11. The van der Waals surface area contributed by atoms with Crippen LogP contribution < -0.4 is 5.32 Å². The highest BCUT2D eigenvalue weighted by molar-refractivity contribution is 14.1. The van der Waals surface area contributed by atoms with Gasteiger partial charge in [0.2, 0.25) is 0 Å². The lowest BCUT2D eigenvalue weighted by Crippen LogP contribution is -2.22. The van der Waals surface area contributed by atoms with E-state index in [-0.39, 0.29) is 5.91 Å². The minimum Gasteiger partial charge on any atom is -0.346 e. The van der Waals surface area contributed by atoms with Crippen LogP contribution in [0.25, 0.3) is 0 Å². The summed E-state index contributed by atoms with van der Waals surface area (Å²) < 4.78 is 1.11. The van der Waals surface area contributed by atoms with Crippen molar-refractivity contribution in [3.63, 3.8) is 0 Å². The fourth-order valence-corrected chi connectivity index (χ4v) is 2.73. The Morgan fingerprint density at radius 3 is 3.00 bits per heavy atom. The summed E-state index contributed by atoms with van der Waals surface area (Å²) in [7, 11) is 0. The Morgan fingerprint density at radius 1 is 1.53 bits per heavy atom. The number of hydrogen-bond acceptors (Lipinski definition) is 3.